The van der Waals surface area contributed by atoms with Crippen molar-refractivity contribution in [2.45, 2.75) is 4.90 Å². The predicted molar refractivity (Wildman–Crippen MR) is 70.9 cm³/mol. The van der Waals surface area contributed by atoms with E-state index >= 15 is 0 Å². The third-order valence-electron chi connectivity index (χ3n) is 2.20. The van der Waals surface area contributed by atoms with E-state index in [4.69, 9.17) is 11.5 Å². The average molecular weight is 281 g/mol. The van der Waals surface area contributed by atoms with Crippen molar-refractivity contribution in [3.63, 3.8) is 0 Å². The molecule has 0 amide bonds. The lowest BCUT2D eigenvalue weighted by Crippen LogP contribution is -2.20. The summed E-state index contributed by atoms with van der Waals surface area (Å²) in [4.78, 5) is 16.9. The molecular formula is C10H11N5O3S. The SMILES string of the molecule is Nc1cc(=O)[nH]c(NS(=O)(=O)c2ccccc2N)n1. The minimum absolute atomic E-state index is 0.0845. The van der Waals surface area contributed by atoms with Gasteiger partial charge in [0.15, 0.2) is 0 Å². The van der Waals surface area contributed by atoms with Crippen molar-refractivity contribution in [3.8, 4) is 0 Å². The zero-order chi connectivity index (χ0) is 14.0. The van der Waals surface area contributed by atoms with Crippen LogP contribution >= 0.6 is 0 Å². The van der Waals surface area contributed by atoms with Gasteiger partial charge < -0.3 is 11.5 Å². The lowest BCUT2D eigenvalue weighted by atomic mass is 10.3. The molecule has 0 saturated carbocycles. The van der Waals surface area contributed by atoms with E-state index in [0.29, 0.717) is 0 Å². The third-order valence-corrected chi connectivity index (χ3v) is 3.61. The summed E-state index contributed by atoms with van der Waals surface area (Å²) in [7, 11) is -3.94. The summed E-state index contributed by atoms with van der Waals surface area (Å²) in [6.07, 6.45) is 0. The molecule has 0 atom stereocenters. The van der Waals surface area contributed by atoms with E-state index in [1.807, 2.05) is 0 Å². The van der Waals surface area contributed by atoms with Gasteiger partial charge >= 0.3 is 0 Å². The summed E-state index contributed by atoms with van der Waals surface area (Å²) in [6.45, 7) is 0. The van der Waals surface area contributed by atoms with Crippen LogP contribution in [0.4, 0.5) is 17.5 Å². The van der Waals surface area contributed by atoms with Gasteiger partial charge in [-0.2, -0.15) is 4.98 Å². The zero-order valence-electron chi connectivity index (χ0n) is 9.62. The number of nitrogen functional groups attached to an aromatic ring is 2. The Balaban J connectivity index is 2.42. The topological polar surface area (TPSA) is 144 Å². The number of nitrogens with two attached hydrogens (primary N) is 2. The molecule has 0 aliphatic rings. The van der Waals surface area contributed by atoms with Gasteiger partial charge in [0.2, 0.25) is 5.95 Å². The second-order valence-corrected chi connectivity index (χ2v) is 5.31. The first-order valence-corrected chi connectivity index (χ1v) is 6.61. The first-order valence-electron chi connectivity index (χ1n) is 5.12. The van der Waals surface area contributed by atoms with Gasteiger partial charge in [-0.1, -0.05) is 12.1 Å². The number of nitrogens with one attached hydrogen (secondary N) is 2. The Morgan fingerprint density at radius 2 is 1.89 bits per heavy atom. The summed E-state index contributed by atoms with van der Waals surface area (Å²) in [5.41, 5.74) is 10.5. The number of para-hydroxylation sites is 1. The van der Waals surface area contributed by atoms with E-state index in [1.165, 1.54) is 18.2 Å². The van der Waals surface area contributed by atoms with Crippen LogP contribution in [-0.4, -0.2) is 18.4 Å². The van der Waals surface area contributed by atoms with Gasteiger partial charge in [0, 0.05) is 6.07 Å². The van der Waals surface area contributed by atoms with Crippen molar-refractivity contribution in [1.82, 2.24) is 9.97 Å². The second-order valence-electron chi connectivity index (χ2n) is 3.66. The maximum Gasteiger partial charge on any atom is 0.266 e. The van der Waals surface area contributed by atoms with Crippen molar-refractivity contribution >= 4 is 27.5 Å². The summed E-state index contributed by atoms with van der Waals surface area (Å²) in [6, 6.07) is 6.95. The standard InChI is InChI=1S/C10H11N5O3S/c11-6-3-1-2-4-7(6)19(17,18)15-10-13-8(12)5-9(16)14-10/h1-5H,11H2,(H4,12,13,14,15,16). The van der Waals surface area contributed by atoms with Gasteiger partial charge in [-0.25, -0.2) is 13.1 Å². The quantitative estimate of drug-likeness (QED) is 0.570. The van der Waals surface area contributed by atoms with E-state index in [-0.39, 0.29) is 22.3 Å². The molecule has 0 aliphatic heterocycles. The van der Waals surface area contributed by atoms with Gasteiger partial charge in [-0.15, -0.1) is 0 Å². The molecule has 0 bridgehead atoms. The smallest absolute Gasteiger partial charge is 0.266 e. The van der Waals surface area contributed by atoms with Crippen molar-refractivity contribution < 1.29 is 8.42 Å². The molecule has 6 N–H and O–H groups in total. The molecule has 0 radical (unpaired) electrons. The number of hydrogen-bond donors (Lipinski definition) is 4. The van der Waals surface area contributed by atoms with Crippen molar-refractivity contribution in [3.05, 3.63) is 40.7 Å². The number of aromatic amines is 1. The first-order chi connectivity index (χ1) is 8.88. The number of benzene rings is 1. The fraction of sp³-hybridized carbons (Fsp3) is 0. The maximum atomic E-state index is 12.1. The highest BCUT2D eigenvalue weighted by molar-refractivity contribution is 7.92. The fourth-order valence-corrected chi connectivity index (χ4v) is 2.53. The molecule has 0 unspecified atom stereocenters. The number of H-pyrrole nitrogens is 1. The highest BCUT2D eigenvalue weighted by Gasteiger charge is 2.18. The summed E-state index contributed by atoms with van der Waals surface area (Å²) in [5, 5.41) is 0. The van der Waals surface area contributed by atoms with Crippen LogP contribution in [0.1, 0.15) is 0 Å². The van der Waals surface area contributed by atoms with Crippen LogP contribution in [-0.2, 0) is 10.0 Å². The Kier molecular flexibility index (Phi) is 3.13. The van der Waals surface area contributed by atoms with Crippen LogP contribution in [0, 0.1) is 0 Å². The van der Waals surface area contributed by atoms with Crippen LogP contribution < -0.4 is 21.7 Å². The molecule has 100 valence electrons. The molecule has 2 aromatic rings. The van der Waals surface area contributed by atoms with E-state index in [1.54, 1.807) is 6.07 Å². The van der Waals surface area contributed by atoms with Crippen LogP contribution in [0.15, 0.2) is 40.0 Å². The summed E-state index contributed by atoms with van der Waals surface area (Å²) in [5.74, 6) is -0.365. The van der Waals surface area contributed by atoms with Crippen LogP contribution in [0.5, 0.6) is 0 Å². The van der Waals surface area contributed by atoms with Gasteiger partial charge in [0.25, 0.3) is 15.6 Å². The summed E-state index contributed by atoms with van der Waals surface area (Å²) < 4.78 is 26.2. The van der Waals surface area contributed by atoms with Gasteiger partial charge in [-0.05, 0) is 12.1 Å². The molecular weight excluding hydrogens is 270 g/mol. The molecule has 1 heterocycles. The Morgan fingerprint density at radius 3 is 2.53 bits per heavy atom. The zero-order valence-corrected chi connectivity index (χ0v) is 10.4. The van der Waals surface area contributed by atoms with E-state index in [9.17, 15) is 13.2 Å². The molecule has 1 aromatic heterocycles. The minimum Gasteiger partial charge on any atom is -0.398 e. The molecule has 0 fully saturated rings. The van der Waals surface area contributed by atoms with Crippen molar-refractivity contribution in [2.75, 3.05) is 16.2 Å². The highest BCUT2D eigenvalue weighted by Crippen LogP contribution is 2.19. The Labute approximate surface area is 108 Å². The molecule has 0 spiro atoms. The van der Waals surface area contributed by atoms with Gasteiger partial charge in [-0.3, -0.25) is 9.78 Å². The molecule has 8 nitrogen and oxygen atoms in total. The number of rotatable bonds is 3. The number of aromatic nitrogens is 2. The van der Waals surface area contributed by atoms with E-state index in [2.05, 4.69) is 14.7 Å². The monoisotopic (exact) mass is 281 g/mol. The Bertz CT molecular complexity index is 769. The minimum atomic E-state index is -3.94. The van der Waals surface area contributed by atoms with Crippen LogP contribution in [0.25, 0.3) is 0 Å². The number of anilines is 3. The normalized spacial score (nSPS) is 11.2. The molecule has 0 aliphatic carbocycles. The molecule has 2 rings (SSSR count). The lowest BCUT2D eigenvalue weighted by Gasteiger charge is -2.09. The highest BCUT2D eigenvalue weighted by atomic mass is 32.2. The van der Waals surface area contributed by atoms with Gasteiger partial charge in [0.1, 0.15) is 10.7 Å². The molecule has 1 aromatic carbocycles. The lowest BCUT2D eigenvalue weighted by molar-refractivity contribution is 0.601. The Hall–Kier alpha value is -2.55. The summed E-state index contributed by atoms with van der Waals surface area (Å²) >= 11 is 0. The number of hydrogen-bond acceptors (Lipinski definition) is 6. The maximum absolute atomic E-state index is 12.1. The fourth-order valence-electron chi connectivity index (χ4n) is 1.43. The van der Waals surface area contributed by atoms with Crippen molar-refractivity contribution in [2.24, 2.45) is 0 Å². The largest absolute Gasteiger partial charge is 0.398 e. The number of sulfonamides is 1. The van der Waals surface area contributed by atoms with Crippen molar-refractivity contribution in [1.29, 1.82) is 0 Å². The van der Waals surface area contributed by atoms with Crippen LogP contribution in [0.2, 0.25) is 0 Å². The van der Waals surface area contributed by atoms with Gasteiger partial charge in [0.05, 0.1) is 5.69 Å². The van der Waals surface area contributed by atoms with E-state index < -0.39 is 15.6 Å². The van der Waals surface area contributed by atoms with Crippen LogP contribution in [0.3, 0.4) is 0 Å². The van der Waals surface area contributed by atoms with E-state index in [0.717, 1.165) is 6.07 Å². The molecule has 9 heteroatoms. The molecule has 0 saturated heterocycles. The Morgan fingerprint density at radius 1 is 1.21 bits per heavy atom. The number of nitrogens with zero attached hydrogens (tertiary/aromatic N) is 1. The predicted octanol–water partition coefficient (Wildman–Crippen LogP) is -0.265. The average Bonchev–Trinajstić information content (AvgIpc) is 2.26. The molecule has 19 heavy (non-hydrogen) atoms. The third kappa shape index (κ3) is 2.83. The first kappa shape index (κ1) is 12.9. The second kappa shape index (κ2) is 4.61.